The quantitative estimate of drug-likeness (QED) is 0.876. The first kappa shape index (κ1) is 15.5. The minimum Gasteiger partial charge on any atom is -0.480 e. The lowest BCUT2D eigenvalue weighted by atomic mass is 9.81. The zero-order valence-corrected chi connectivity index (χ0v) is 12.7. The zero-order chi connectivity index (χ0) is 15.5. The van der Waals surface area contributed by atoms with E-state index in [0.717, 1.165) is 24.8 Å². The number of fused-ring (bicyclic) bond motifs is 1. The van der Waals surface area contributed by atoms with Gasteiger partial charge in [0.25, 0.3) is 0 Å². The van der Waals surface area contributed by atoms with Crippen molar-refractivity contribution in [3.8, 4) is 0 Å². The fourth-order valence-electron chi connectivity index (χ4n) is 3.13. The van der Waals surface area contributed by atoms with Crippen molar-refractivity contribution < 1.29 is 14.7 Å². The standard InChI is InChI=1S/C17H23NO3/c1-3-17(4-2,16(20)21)18-15(19)14-11-7-9-12-8-5-6-10-13(12)14/h5-6,8,10,14H,3-4,7,9,11H2,1-2H3,(H,18,19)(H,20,21). The number of nitrogens with one attached hydrogen (secondary N) is 1. The summed E-state index contributed by atoms with van der Waals surface area (Å²) in [5, 5.41) is 12.3. The highest BCUT2D eigenvalue weighted by Crippen LogP contribution is 2.32. The van der Waals surface area contributed by atoms with Gasteiger partial charge >= 0.3 is 5.97 Å². The van der Waals surface area contributed by atoms with Gasteiger partial charge < -0.3 is 10.4 Å². The van der Waals surface area contributed by atoms with E-state index in [1.807, 2.05) is 18.2 Å². The van der Waals surface area contributed by atoms with Gasteiger partial charge in [0.05, 0.1) is 5.92 Å². The maximum Gasteiger partial charge on any atom is 0.329 e. The number of hydrogen-bond acceptors (Lipinski definition) is 2. The van der Waals surface area contributed by atoms with Gasteiger partial charge in [0, 0.05) is 0 Å². The highest BCUT2D eigenvalue weighted by molar-refractivity contribution is 5.90. The largest absolute Gasteiger partial charge is 0.480 e. The molecule has 2 rings (SSSR count). The van der Waals surface area contributed by atoms with Gasteiger partial charge in [-0.1, -0.05) is 38.1 Å². The molecule has 1 amide bonds. The second kappa shape index (κ2) is 6.29. The van der Waals surface area contributed by atoms with Crippen LogP contribution in [-0.4, -0.2) is 22.5 Å². The molecule has 1 aromatic rings. The van der Waals surface area contributed by atoms with Crippen LogP contribution in [0.5, 0.6) is 0 Å². The Bertz CT molecular complexity index is 535. The molecule has 4 heteroatoms. The first-order valence-electron chi connectivity index (χ1n) is 7.67. The molecule has 1 aliphatic rings. The van der Waals surface area contributed by atoms with Crippen LogP contribution in [-0.2, 0) is 16.0 Å². The maximum absolute atomic E-state index is 12.6. The molecule has 0 spiro atoms. The van der Waals surface area contributed by atoms with Crippen LogP contribution in [0.2, 0.25) is 0 Å². The van der Waals surface area contributed by atoms with Gasteiger partial charge in [-0.2, -0.15) is 0 Å². The Morgan fingerprint density at radius 2 is 1.95 bits per heavy atom. The van der Waals surface area contributed by atoms with E-state index >= 15 is 0 Å². The number of hydrogen-bond donors (Lipinski definition) is 2. The number of aryl methyl sites for hydroxylation is 1. The molecule has 0 radical (unpaired) electrons. The molecular weight excluding hydrogens is 266 g/mol. The Morgan fingerprint density at radius 3 is 2.57 bits per heavy atom. The number of carbonyl (C=O) groups is 2. The van der Waals surface area contributed by atoms with E-state index in [9.17, 15) is 14.7 Å². The van der Waals surface area contributed by atoms with Crippen molar-refractivity contribution in [3.05, 3.63) is 35.4 Å². The molecule has 4 nitrogen and oxygen atoms in total. The van der Waals surface area contributed by atoms with E-state index in [2.05, 4.69) is 11.4 Å². The van der Waals surface area contributed by atoms with Gasteiger partial charge in [-0.05, 0) is 43.2 Å². The Kier molecular flexibility index (Phi) is 4.66. The monoisotopic (exact) mass is 289 g/mol. The van der Waals surface area contributed by atoms with E-state index in [1.165, 1.54) is 5.56 Å². The summed E-state index contributed by atoms with van der Waals surface area (Å²) in [6, 6.07) is 7.96. The number of amides is 1. The molecule has 21 heavy (non-hydrogen) atoms. The highest BCUT2D eigenvalue weighted by Gasteiger charge is 2.39. The van der Waals surface area contributed by atoms with Crippen molar-refractivity contribution in [2.75, 3.05) is 0 Å². The summed E-state index contributed by atoms with van der Waals surface area (Å²) < 4.78 is 0. The number of carbonyl (C=O) groups excluding carboxylic acids is 1. The molecule has 0 bridgehead atoms. The molecule has 0 fully saturated rings. The normalized spacial score (nSPS) is 17.9. The van der Waals surface area contributed by atoms with Crippen LogP contribution in [0.25, 0.3) is 0 Å². The topological polar surface area (TPSA) is 66.4 Å². The van der Waals surface area contributed by atoms with Crippen molar-refractivity contribution in [1.29, 1.82) is 0 Å². The van der Waals surface area contributed by atoms with Gasteiger partial charge in [0.15, 0.2) is 0 Å². The van der Waals surface area contributed by atoms with E-state index in [1.54, 1.807) is 13.8 Å². The number of benzene rings is 1. The Balaban J connectivity index is 2.24. The third kappa shape index (κ3) is 2.94. The molecule has 2 N–H and O–H groups in total. The summed E-state index contributed by atoms with van der Waals surface area (Å²) in [5.74, 6) is -1.34. The second-order valence-corrected chi connectivity index (χ2v) is 5.73. The smallest absolute Gasteiger partial charge is 0.329 e. The van der Waals surface area contributed by atoms with Gasteiger partial charge in [-0.15, -0.1) is 0 Å². The average molecular weight is 289 g/mol. The molecule has 0 heterocycles. The minimum absolute atomic E-state index is 0.159. The molecule has 0 aromatic heterocycles. The molecule has 0 aliphatic heterocycles. The lowest BCUT2D eigenvalue weighted by molar-refractivity contribution is -0.148. The lowest BCUT2D eigenvalue weighted by Gasteiger charge is -2.32. The van der Waals surface area contributed by atoms with Gasteiger partial charge in [0.2, 0.25) is 5.91 Å². The fourth-order valence-corrected chi connectivity index (χ4v) is 3.13. The Hall–Kier alpha value is -1.84. The van der Waals surface area contributed by atoms with Crippen molar-refractivity contribution in [2.24, 2.45) is 0 Å². The second-order valence-electron chi connectivity index (χ2n) is 5.73. The van der Waals surface area contributed by atoms with Crippen molar-refractivity contribution in [2.45, 2.75) is 57.4 Å². The van der Waals surface area contributed by atoms with E-state index < -0.39 is 11.5 Å². The first-order valence-corrected chi connectivity index (χ1v) is 7.67. The van der Waals surface area contributed by atoms with Crippen LogP contribution in [0, 0.1) is 0 Å². The number of carboxylic acids is 1. The summed E-state index contributed by atoms with van der Waals surface area (Å²) in [6.45, 7) is 3.60. The van der Waals surface area contributed by atoms with E-state index in [-0.39, 0.29) is 11.8 Å². The molecule has 1 aliphatic carbocycles. The predicted molar refractivity (Wildman–Crippen MR) is 81.2 cm³/mol. The van der Waals surface area contributed by atoms with Gasteiger partial charge in [-0.25, -0.2) is 4.79 Å². The van der Waals surface area contributed by atoms with Gasteiger partial charge in [0.1, 0.15) is 5.54 Å². The summed E-state index contributed by atoms with van der Waals surface area (Å²) in [5.41, 5.74) is 1.11. The third-order valence-corrected chi connectivity index (χ3v) is 4.66. The van der Waals surface area contributed by atoms with Crippen molar-refractivity contribution >= 4 is 11.9 Å². The molecule has 1 atom stereocenters. The molecule has 0 saturated heterocycles. The van der Waals surface area contributed by atoms with Crippen LogP contribution in [0.3, 0.4) is 0 Å². The fraction of sp³-hybridized carbons (Fsp3) is 0.529. The van der Waals surface area contributed by atoms with Crippen LogP contribution in [0.1, 0.15) is 56.6 Å². The van der Waals surface area contributed by atoms with Crippen LogP contribution >= 0.6 is 0 Å². The number of carboxylic acid groups (broad SMARTS) is 1. The van der Waals surface area contributed by atoms with Crippen LogP contribution in [0.15, 0.2) is 24.3 Å². The average Bonchev–Trinajstić information content (AvgIpc) is 2.51. The lowest BCUT2D eigenvalue weighted by Crippen LogP contribution is -2.55. The minimum atomic E-state index is -1.15. The summed E-state index contributed by atoms with van der Waals surface area (Å²) >= 11 is 0. The van der Waals surface area contributed by atoms with Crippen molar-refractivity contribution in [3.63, 3.8) is 0 Å². The number of rotatable bonds is 5. The predicted octanol–water partition coefficient (Wildman–Crippen LogP) is 2.87. The first-order chi connectivity index (χ1) is 10.0. The summed E-state index contributed by atoms with van der Waals surface area (Å²) in [7, 11) is 0. The van der Waals surface area contributed by atoms with Crippen LogP contribution in [0.4, 0.5) is 0 Å². The van der Waals surface area contributed by atoms with Crippen molar-refractivity contribution in [1.82, 2.24) is 5.32 Å². The number of aliphatic carboxylic acids is 1. The van der Waals surface area contributed by atoms with E-state index in [4.69, 9.17) is 0 Å². The molecule has 1 unspecified atom stereocenters. The zero-order valence-electron chi connectivity index (χ0n) is 12.7. The van der Waals surface area contributed by atoms with Gasteiger partial charge in [-0.3, -0.25) is 4.79 Å². The Labute approximate surface area is 125 Å². The third-order valence-electron chi connectivity index (χ3n) is 4.66. The SMILES string of the molecule is CCC(CC)(NC(=O)C1CCCc2ccccc21)C(=O)O. The summed E-state index contributed by atoms with van der Waals surface area (Å²) in [4.78, 5) is 24.2. The molecule has 114 valence electrons. The molecular formula is C17H23NO3. The maximum atomic E-state index is 12.6. The Morgan fingerprint density at radius 1 is 1.29 bits per heavy atom. The highest BCUT2D eigenvalue weighted by atomic mass is 16.4. The van der Waals surface area contributed by atoms with E-state index in [0.29, 0.717) is 12.8 Å². The molecule has 1 aromatic carbocycles. The summed E-state index contributed by atoms with van der Waals surface area (Å²) in [6.07, 6.45) is 3.52. The van der Waals surface area contributed by atoms with Crippen LogP contribution < -0.4 is 5.32 Å². The molecule has 0 saturated carbocycles.